The van der Waals surface area contributed by atoms with E-state index >= 15 is 0 Å². The highest BCUT2D eigenvalue weighted by molar-refractivity contribution is 8.15. The first-order chi connectivity index (χ1) is 14.3. The Bertz CT molecular complexity index is 1140. The number of nitrogens with one attached hydrogen (secondary N) is 1. The van der Waals surface area contributed by atoms with Gasteiger partial charge in [-0.15, -0.1) is 10.5 Å². The van der Waals surface area contributed by atoms with Crippen LogP contribution in [-0.2, 0) is 6.54 Å². The second kappa shape index (κ2) is 9.63. The minimum absolute atomic E-state index is 0.0723. The molecule has 0 saturated heterocycles. The number of pyridine rings is 1. The number of fused-ring (bicyclic) bond motifs is 1. The van der Waals surface area contributed by atoms with E-state index in [1.165, 1.54) is 6.20 Å². The van der Waals surface area contributed by atoms with Gasteiger partial charge in [-0.3, -0.25) is 14.3 Å². The Morgan fingerprint density at radius 2 is 2.03 bits per heavy atom. The Morgan fingerprint density at radius 1 is 1.27 bits per heavy atom. The van der Waals surface area contributed by atoms with E-state index in [0.717, 1.165) is 22.8 Å². The van der Waals surface area contributed by atoms with E-state index in [-0.39, 0.29) is 33.2 Å². The van der Waals surface area contributed by atoms with Gasteiger partial charge >= 0.3 is 0 Å². The molecule has 160 valence electrons. The summed E-state index contributed by atoms with van der Waals surface area (Å²) in [6.45, 7) is 8.03. The smallest absolute Gasteiger partial charge is 0.295 e. The standard InChI is InChI=1S/C20H25ClN6O2S/c1-5-12(3)27-18-16(11-24-20(21)26-18)25-17(19(27)29)23-9-14-7-8-15(10-22-14)30(6-2)13(4)28/h7-8,10-12,28H,5-6,9H2,1-4H3,(H,23,25)/t12-,30?/m1/s1. The summed E-state index contributed by atoms with van der Waals surface area (Å²) in [6.07, 6.45) is 4.04. The van der Waals surface area contributed by atoms with E-state index in [9.17, 15) is 9.90 Å². The van der Waals surface area contributed by atoms with Crippen molar-refractivity contribution in [1.82, 2.24) is 24.5 Å². The van der Waals surface area contributed by atoms with Gasteiger partial charge in [0.15, 0.2) is 11.5 Å². The van der Waals surface area contributed by atoms with E-state index in [4.69, 9.17) is 11.6 Å². The molecule has 30 heavy (non-hydrogen) atoms. The van der Waals surface area contributed by atoms with Gasteiger partial charge < -0.3 is 10.4 Å². The van der Waals surface area contributed by atoms with E-state index in [1.807, 2.05) is 32.9 Å². The van der Waals surface area contributed by atoms with Gasteiger partial charge in [-0.05, 0) is 49.8 Å². The van der Waals surface area contributed by atoms with Gasteiger partial charge in [0.25, 0.3) is 5.56 Å². The maximum absolute atomic E-state index is 13.1. The van der Waals surface area contributed by atoms with Crippen LogP contribution < -0.4 is 10.9 Å². The highest BCUT2D eigenvalue weighted by Gasteiger charge is 2.17. The van der Waals surface area contributed by atoms with Crippen LogP contribution >= 0.6 is 22.1 Å². The normalized spacial score (nSPS) is 13.9. The van der Waals surface area contributed by atoms with E-state index in [1.54, 1.807) is 17.7 Å². The van der Waals surface area contributed by atoms with Gasteiger partial charge in [0, 0.05) is 17.1 Å². The molecule has 0 aliphatic rings. The zero-order valence-corrected chi connectivity index (χ0v) is 19.0. The lowest BCUT2D eigenvalue weighted by Crippen LogP contribution is -2.28. The fourth-order valence-corrected chi connectivity index (χ4v) is 4.70. The number of aliphatic hydroxyl groups is 1. The molecular weight excluding hydrogens is 424 g/mol. The van der Waals surface area contributed by atoms with E-state index in [0.29, 0.717) is 22.8 Å². The van der Waals surface area contributed by atoms with Crippen molar-refractivity contribution >= 4 is 44.1 Å². The Hall–Kier alpha value is -2.36. The number of halogens is 1. The predicted molar refractivity (Wildman–Crippen MR) is 123 cm³/mol. The lowest BCUT2D eigenvalue weighted by Gasteiger charge is -2.17. The first-order valence-corrected chi connectivity index (χ1v) is 11.5. The molecule has 3 heterocycles. The molecule has 0 fully saturated rings. The van der Waals surface area contributed by atoms with Gasteiger partial charge in [0.2, 0.25) is 5.28 Å². The van der Waals surface area contributed by atoms with Gasteiger partial charge in [-0.1, -0.05) is 13.8 Å². The summed E-state index contributed by atoms with van der Waals surface area (Å²) < 4.78 is 1.60. The molecule has 0 spiro atoms. The lowest BCUT2D eigenvalue weighted by molar-refractivity contribution is 0.526. The summed E-state index contributed by atoms with van der Waals surface area (Å²) in [5, 5.41) is 13.4. The maximum atomic E-state index is 13.1. The van der Waals surface area contributed by atoms with Gasteiger partial charge in [-0.25, -0.2) is 9.97 Å². The van der Waals surface area contributed by atoms with Crippen molar-refractivity contribution in [2.75, 3.05) is 11.1 Å². The fourth-order valence-electron chi connectivity index (χ4n) is 3.07. The zero-order valence-electron chi connectivity index (χ0n) is 17.4. The molecule has 3 aromatic rings. The molecule has 10 heteroatoms. The third kappa shape index (κ3) is 4.69. The Kier molecular flexibility index (Phi) is 7.17. The highest BCUT2D eigenvalue weighted by Crippen LogP contribution is 2.26. The molecule has 0 amide bonds. The van der Waals surface area contributed by atoms with Crippen molar-refractivity contribution in [3.63, 3.8) is 0 Å². The molecular formula is C20H25ClN6O2S. The van der Waals surface area contributed by atoms with Gasteiger partial charge in [0.05, 0.1) is 23.5 Å². The van der Waals surface area contributed by atoms with Gasteiger partial charge in [-0.2, -0.15) is 4.98 Å². The van der Waals surface area contributed by atoms with Crippen LogP contribution in [0.4, 0.5) is 5.82 Å². The average Bonchev–Trinajstić information content (AvgIpc) is 2.73. The van der Waals surface area contributed by atoms with Crippen LogP contribution in [0.1, 0.15) is 45.9 Å². The number of aliphatic hydroxyl groups excluding tert-OH is 1. The SMILES string of the molecule is CC[C@@H](C)n1c(=O)c(NCc2ccc(/S(CC)=C(\C)O)cn2)nc2cnc(Cl)nc21. The molecule has 2 atom stereocenters. The van der Waals surface area contributed by atoms with Crippen LogP contribution in [0.5, 0.6) is 0 Å². The largest absolute Gasteiger partial charge is 0.360 e. The molecule has 8 nitrogen and oxygen atoms in total. The summed E-state index contributed by atoms with van der Waals surface area (Å²) >= 11 is 5.93. The van der Waals surface area contributed by atoms with Crippen LogP contribution in [0, 0.1) is 0 Å². The quantitative estimate of drug-likeness (QED) is 0.412. The summed E-state index contributed by atoms with van der Waals surface area (Å²) in [5.74, 6) is 1.04. The first kappa shape index (κ1) is 22.3. The monoisotopic (exact) mass is 448 g/mol. The van der Waals surface area contributed by atoms with Crippen molar-refractivity contribution in [3.05, 3.63) is 45.9 Å². The average molecular weight is 449 g/mol. The van der Waals surface area contributed by atoms with Crippen LogP contribution in [0.2, 0.25) is 5.28 Å². The van der Waals surface area contributed by atoms with Gasteiger partial charge in [0.1, 0.15) is 5.52 Å². The predicted octanol–water partition coefficient (Wildman–Crippen LogP) is 4.17. The zero-order chi connectivity index (χ0) is 21.8. The van der Waals surface area contributed by atoms with Crippen molar-refractivity contribution in [3.8, 4) is 0 Å². The highest BCUT2D eigenvalue weighted by atomic mass is 35.5. The van der Waals surface area contributed by atoms with E-state index in [2.05, 4.69) is 25.3 Å². The van der Waals surface area contributed by atoms with Crippen molar-refractivity contribution in [2.24, 2.45) is 0 Å². The molecule has 0 aromatic carbocycles. The van der Waals surface area contributed by atoms with Crippen LogP contribution in [0.3, 0.4) is 0 Å². The molecule has 1 unspecified atom stereocenters. The number of anilines is 1. The summed E-state index contributed by atoms with van der Waals surface area (Å²) in [5.41, 5.74) is 1.41. The van der Waals surface area contributed by atoms with Crippen molar-refractivity contribution in [1.29, 1.82) is 0 Å². The molecule has 0 bridgehead atoms. The fraction of sp³-hybridized carbons (Fsp3) is 0.400. The second-order valence-corrected chi connectivity index (χ2v) is 9.54. The van der Waals surface area contributed by atoms with Crippen molar-refractivity contribution < 1.29 is 5.11 Å². The molecule has 3 rings (SSSR count). The molecule has 0 radical (unpaired) electrons. The third-order valence-electron chi connectivity index (χ3n) is 4.80. The van der Waals surface area contributed by atoms with Crippen LogP contribution in [0.25, 0.3) is 11.2 Å². The maximum Gasteiger partial charge on any atom is 0.295 e. The van der Waals surface area contributed by atoms with E-state index < -0.39 is 0 Å². The Labute approximate surface area is 182 Å². The molecule has 0 aliphatic carbocycles. The molecule has 0 aliphatic heterocycles. The number of nitrogens with zero attached hydrogens (tertiary/aromatic N) is 5. The number of hydrogen-bond donors (Lipinski definition) is 2. The topological polar surface area (TPSA) is 106 Å². The Morgan fingerprint density at radius 3 is 2.63 bits per heavy atom. The minimum Gasteiger partial charge on any atom is -0.360 e. The summed E-state index contributed by atoms with van der Waals surface area (Å²) in [7, 11) is -0.327. The summed E-state index contributed by atoms with van der Waals surface area (Å²) in [6, 6.07) is 3.77. The lowest BCUT2D eigenvalue weighted by atomic mass is 10.2. The number of hydrogen-bond acceptors (Lipinski definition) is 6. The first-order valence-electron chi connectivity index (χ1n) is 9.72. The second-order valence-electron chi connectivity index (χ2n) is 6.78. The molecule has 0 saturated carbocycles. The van der Waals surface area contributed by atoms with Crippen LogP contribution in [-0.4, -0.2) is 40.4 Å². The number of rotatable bonds is 7. The minimum atomic E-state index is -0.327. The van der Waals surface area contributed by atoms with Crippen LogP contribution in [0.15, 0.2) is 34.2 Å². The molecule has 2 N–H and O–H groups in total. The Balaban J connectivity index is 1.91. The third-order valence-corrected chi connectivity index (χ3v) is 7.08. The number of aromatic nitrogens is 5. The molecule has 3 aromatic heterocycles. The van der Waals surface area contributed by atoms with Crippen molar-refractivity contribution in [2.45, 2.75) is 51.6 Å². The summed E-state index contributed by atoms with van der Waals surface area (Å²) in [4.78, 5) is 31.1.